The molecule has 144 valence electrons. The quantitative estimate of drug-likeness (QED) is 0.700. The normalized spacial score (nSPS) is 11.9. The number of aryl methyl sites for hydroxylation is 2. The van der Waals surface area contributed by atoms with Gasteiger partial charge in [-0.25, -0.2) is 13.1 Å². The van der Waals surface area contributed by atoms with Crippen LogP contribution in [0.3, 0.4) is 0 Å². The fourth-order valence-corrected chi connectivity index (χ4v) is 4.81. The number of nitrogens with zero attached hydrogens (tertiary/aromatic N) is 3. The van der Waals surface area contributed by atoms with Gasteiger partial charge in [0.2, 0.25) is 0 Å². The van der Waals surface area contributed by atoms with Gasteiger partial charge >= 0.3 is 0 Å². The van der Waals surface area contributed by atoms with Crippen LogP contribution in [0.25, 0.3) is 5.69 Å². The number of anilines is 1. The van der Waals surface area contributed by atoms with Gasteiger partial charge in [0.25, 0.3) is 15.6 Å². The van der Waals surface area contributed by atoms with Crippen LogP contribution in [0, 0.1) is 13.8 Å². The van der Waals surface area contributed by atoms with Crippen molar-refractivity contribution in [1.82, 2.24) is 19.6 Å². The molecule has 0 bridgehead atoms. The second-order valence-corrected chi connectivity index (χ2v) is 8.38. The van der Waals surface area contributed by atoms with E-state index in [1.54, 1.807) is 37.7 Å². The number of sulfonamides is 1. The van der Waals surface area contributed by atoms with Crippen LogP contribution in [0.4, 0.5) is 5.69 Å². The molecule has 0 aliphatic rings. The summed E-state index contributed by atoms with van der Waals surface area (Å²) in [5.74, 6) is -0.0723. The molecule has 8 nitrogen and oxygen atoms in total. The Kier molecular flexibility index (Phi) is 4.73. The zero-order valence-corrected chi connectivity index (χ0v) is 16.8. The van der Waals surface area contributed by atoms with Crippen LogP contribution in [-0.2, 0) is 17.1 Å². The van der Waals surface area contributed by atoms with E-state index in [2.05, 4.69) is 14.9 Å². The van der Waals surface area contributed by atoms with Crippen molar-refractivity contribution in [3.63, 3.8) is 0 Å². The smallest absolute Gasteiger partial charge is 0.283 e. The Morgan fingerprint density at radius 2 is 1.78 bits per heavy atom. The Hall–Kier alpha value is -2.81. The lowest BCUT2D eigenvalue weighted by Crippen LogP contribution is -2.23. The summed E-state index contributed by atoms with van der Waals surface area (Å²) in [6.07, 6.45) is 0. The zero-order chi connectivity index (χ0) is 19.9. The minimum absolute atomic E-state index is 0.0522. The summed E-state index contributed by atoms with van der Waals surface area (Å²) >= 11 is 0. The molecule has 3 aromatic rings. The lowest BCUT2D eigenvalue weighted by Gasteiger charge is -2.13. The lowest BCUT2D eigenvalue weighted by atomic mass is 10.1. The molecule has 2 heterocycles. The van der Waals surface area contributed by atoms with E-state index in [0.29, 0.717) is 22.8 Å². The average molecular weight is 389 g/mol. The number of aromatic amines is 1. The van der Waals surface area contributed by atoms with Gasteiger partial charge in [-0.2, -0.15) is 5.10 Å². The standard InChI is InChI=1S/C18H23N5O3S/c1-11(2)16-15(21-27(25,26)17-12(3)19-20-13(17)4)18(24)23(22(16)5)14-9-7-6-8-10-14/h6-11,21H,1-5H3,(H,19,20). The SMILES string of the molecule is Cc1n[nH]c(C)c1S(=O)(=O)Nc1c(C(C)C)n(C)n(-c2ccccc2)c1=O. The maximum Gasteiger partial charge on any atom is 0.296 e. The van der Waals surface area contributed by atoms with E-state index in [0.717, 1.165) is 0 Å². The van der Waals surface area contributed by atoms with E-state index < -0.39 is 15.6 Å². The summed E-state index contributed by atoms with van der Waals surface area (Å²) in [5.41, 5.74) is 1.67. The Bertz CT molecular complexity index is 1120. The first-order valence-electron chi connectivity index (χ1n) is 8.57. The molecule has 0 fully saturated rings. The number of H-pyrrole nitrogens is 1. The summed E-state index contributed by atoms with van der Waals surface area (Å²) in [5, 5.41) is 6.61. The molecule has 0 aliphatic carbocycles. The first-order chi connectivity index (χ1) is 12.6. The zero-order valence-electron chi connectivity index (χ0n) is 15.9. The molecule has 0 atom stereocenters. The molecular formula is C18H23N5O3S. The molecule has 1 aromatic carbocycles. The van der Waals surface area contributed by atoms with Gasteiger partial charge in [0, 0.05) is 7.05 Å². The topological polar surface area (TPSA) is 102 Å². The third-order valence-electron chi connectivity index (χ3n) is 4.42. The highest BCUT2D eigenvalue weighted by Gasteiger charge is 2.28. The van der Waals surface area contributed by atoms with Gasteiger partial charge in [-0.3, -0.25) is 19.3 Å². The van der Waals surface area contributed by atoms with Crippen molar-refractivity contribution in [2.75, 3.05) is 4.72 Å². The van der Waals surface area contributed by atoms with Crippen molar-refractivity contribution in [1.29, 1.82) is 0 Å². The molecule has 27 heavy (non-hydrogen) atoms. The number of nitrogens with one attached hydrogen (secondary N) is 2. The summed E-state index contributed by atoms with van der Waals surface area (Å²) in [6.45, 7) is 7.06. The fraction of sp³-hybridized carbons (Fsp3) is 0.333. The molecule has 9 heteroatoms. The lowest BCUT2D eigenvalue weighted by molar-refractivity contribution is 0.594. The largest absolute Gasteiger partial charge is 0.296 e. The average Bonchev–Trinajstić information content (AvgIpc) is 3.05. The van der Waals surface area contributed by atoms with Gasteiger partial charge in [0.05, 0.1) is 22.8 Å². The summed E-state index contributed by atoms with van der Waals surface area (Å²) < 4.78 is 31.6. The van der Waals surface area contributed by atoms with Crippen molar-refractivity contribution in [3.8, 4) is 5.69 Å². The van der Waals surface area contributed by atoms with E-state index in [1.165, 1.54) is 4.68 Å². The van der Waals surface area contributed by atoms with Gasteiger partial charge < -0.3 is 0 Å². The van der Waals surface area contributed by atoms with Crippen molar-refractivity contribution in [2.45, 2.75) is 38.5 Å². The first-order valence-corrected chi connectivity index (χ1v) is 10.0. The maximum absolute atomic E-state index is 13.1. The van der Waals surface area contributed by atoms with Crippen molar-refractivity contribution in [2.24, 2.45) is 7.05 Å². The van der Waals surface area contributed by atoms with Crippen molar-refractivity contribution < 1.29 is 8.42 Å². The number of hydrogen-bond donors (Lipinski definition) is 2. The van der Waals surface area contributed by atoms with Crippen LogP contribution in [0.1, 0.15) is 36.8 Å². The highest BCUT2D eigenvalue weighted by molar-refractivity contribution is 7.92. The van der Waals surface area contributed by atoms with E-state index in [9.17, 15) is 13.2 Å². The number of aromatic nitrogens is 4. The molecule has 0 unspecified atom stereocenters. The molecule has 0 saturated carbocycles. The fourth-order valence-electron chi connectivity index (χ4n) is 3.36. The number of rotatable bonds is 5. The van der Waals surface area contributed by atoms with Crippen LogP contribution < -0.4 is 10.3 Å². The molecule has 2 N–H and O–H groups in total. The van der Waals surface area contributed by atoms with Crippen LogP contribution >= 0.6 is 0 Å². The third kappa shape index (κ3) is 3.18. The molecule has 3 rings (SSSR count). The Morgan fingerprint density at radius 3 is 2.30 bits per heavy atom. The van der Waals surface area contributed by atoms with Gasteiger partial charge in [0.15, 0.2) is 0 Å². The number of hydrogen-bond acceptors (Lipinski definition) is 4. The molecule has 0 amide bonds. The molecule has 0 radical (unpaired) electrons. The molecule has 0 aliphatic heterocycles. The first kappa shape index (κ1) is 19.0. The Balaban J connectivity index is 2.21. The van der Waals surface area contributed by atoms with Crippen LogP contribution in [0.15, 0.2) is 40.0 Å². The summed E-state index contributed by atoms with van der Waals surface area (Å²) in [7, 11) is -2.22. The second-order valence-electron chi connectivity index (χ2n) is 6.76. The predicted octanol–water partition coefficient (Wildman–Crippen LogP) is 2.44. The van der Waals surface area contributed by atoms with Gasteiger partial charge in [-0.15, -0.1) is 0 Å². The van der Waals surface area contributed by atoms with Crippen molar-refractivity contribution in [3.05, 3.63) is 57.8 Å². The van der Waals surface area contributed by atoms with E-state index in [-0.39, 0.29) is 16.5 Å². The van der Waals surface area contributed by atoms with E-state index >= 15 is 0 Å². The van der Waals surface area contributed by atoms with Crippen LogP contribution in [0.5, 0.6) is 0 Å². The summed E-state index contributed by atoms with van der Waals surface area (Å²) in [6, 6.07) is 9.11. The predicted molar refractivity (Wildman–Crippen MR) is 104 cm³/mol. The van der Waals surface area contributed by atoms with Gasteiger partial charge in [0.1, 0.15) is 10.6 Å². The maximum atomic E-state index is 13.1. The molecule has 0 spiro atoms. The molecule has 2 aromatic heterocycles. The molecular weight excluding hydrogens is 366 g/mol. The van der Waals surface area contributed by atoms with E-state index in [4.69, 9.17) is 0 Å². The minimum Gasteiger partial charge on any atom is -0.283 e. The highest BCUT2D eigenvalue weighted by atomic mass is 32.2. The van der Waals surface area contributed by atoms with Gasteiger partial charge in [-0.05, 0) is 31.9 Å². The second kappa shape index (κ2) is 6.73. The molecule has 0 saturated heterocycles. The third-order valence-corrected chi connectivity index (χ3v) is 6.04. The number of para-hydroxylation sites is 1. The van der Waals surface area contributed by atoms with Crippen molar-refractivity contribution >= 4 is 15.7 Å². The number of benzene rings is 1. The highest BCUT2D eigenvalue weighted by Crippen LogP contribution is 2.26. The Morgan fingerprint density at radius 1 is 1.15 bits per heavy atom. The summed E-state index contributed by atoms with van der Waals surface area (Å²) in [4.78, 5) is 13.2. The van der Waals surface area contributed by atoms with Gasteiger partial charge in [-0.1, -0.05) is 32.0 Å². The van der Waals surface area contributed by atoms with E-state index in [1.807, 2.05) is 32.0 Å². The van der Waals surface area contributed by atoms with Crippen LogP contribution in [-0.4, -0.2) is 28.0 Å². The Labute approximate surface area is 157 Å². The minimum atomic E-state index is -3.97. The monoisotopic (exact) mass is 389 g/mol. The van der Waals surface area contributed by atoms with Crippen LogP contribution in [0.2, 0.25) is 0 Å².